The maximum absolute atomic E-state index is 13.3. The fraction of sp³-hybridized carbons (Fsp3) is 0.481. The number of hydrogen-bond donors (Lipinski definition) is 0. The summed E-state index contributed by atoms with van der Waals surface area (Å²) in [6.07, 6.45) is 1.02. The van der Waals surface area contributed by atoms with E-state index in [0.29, 0.717) is 54.0 Å². The second-order valence-electron chi connectivity index (χ2n) is 9.45. The zero-order chi connectivity index (χ0) is 26.7. The number of benzene rings is 1. The van der Waals surface area contributed by atoms with Gasteiger partial charge in [0.2, 0.25) is 5.91 Å². The van der Waals surface area contributed by atoms with E-state index >= 15 is 0 Å². The molecule has 0 spiro atoms. The summed E-state index contributed by atoms with van der Waals surface area (Å²) >= 11 is 8.05. The van der Waals surface area contributed by atoms with Gasteiger partial charge in [-0.3, -0.25) is 9.59 Å². The molecule has 37 heavy (non-hydrogen) atoms. The third kappa shape index (κ3) is 5.88. The van der Waals surface area contributed by atoms with Crippen LogP contribution in [0.5, 0.6) is 0 Å². The van der Waals surface area contributed by atoms with E-state index in [2.05, 4.69) is 4.99 Å². The minimum atomic E-state index is -0.573. The standard InChI is InChI=1S/C27H32ClN3O5S/c1-5-35-25(33)18-10-12-30(13-11-18)22(32)14-19-15-37-27-29-17(4)23(26(34)36-16(2)3)24(31(19)27)20-8-6-7-9-21(20)28/h6-9,15-16,18,24H,5,10-14H2,1-4H3/t24-/m0/s1. The normalized spacial score (nSPS) is 20.0. The molecule has 8 nitrogen and oxygen atoms in total. The Labute approximate surface area is 226 Å². The number of rotatable bonds is 7. The smallest absolute Gasteiger partial charge is 0.338 e. The highest BCUT2D eigenvalue weighted by Gasteiger charge is 2.42. The van der Waals surface area contributed by atoms with Gasteiger partial charge in [0.25, 0.3) is 0 Å². The van der Waals surface area contributed by atoms with Gasteiger partial charge in [0, 0.05) is 23.8 Å². The number of halogens is 1. The van der Waals surface area contributed by atoms with Crippen molar-refractivity contribution in [3.05, 3.63) is 57.2 Å². The lowest BCUT2D eigenvalue weighted by atomic mass is 9.93. The van der Waals surface area contributed by atoms with Gasteiger partial charge in [0.15, 0.2) is 5.17 Å². The summed E-state index contributed by atoms with van der Waals surface area (Å²) in [4.78, 5) is 47.1. The first-order chi connectivity index (χ1) is 17.7. The molecule has 1 aromatic carbocycles. The number of piperidine rings is 1. The number of allylic oxidation sites excluding steroid dienone is 1. The number of esters is 2. The highest BCUT2D eigenvalue weighted by atomic mass is 35.5. The third-order valence-corrected chi connectivity index (χ3v) is 7.80. The molecule has 0 aliphatic carbocycles. The SMILES string of the molecule is CCOC(=O)C1CCN(C(=O)CC2=CSC3=NC(C)=C(C(=O)OC(C)C)[C@H](c4ccccc4Cl)N23)CC1. The molecule has 0 unspecified atom stereocenters. The van der Waals surface area contributed by atoms with E-state index in [4.69, 9.17) is 21.1 Å². The predicted molar refractivity (Wildman–Crippen MR) is 144 cm³/mol. The zero-order valence-corrected chi connectivity index (χ0v) is 23.1. The molecule has 4 rings (SSSR count). The summed E-state index contributed by atoms with van der Waals surface area (Å²) in [6, 6.07) is 6.81. The maximum Gasteiger partial charge on any atom is 0.338 e. The number of ether oxygens (including phenoxy) is 2. The molecule has 1 saturated heterocycles. The lowest BCUT2D eigenvalue weighted by Crippen LogP contribution is -2.42. The lowest BCUT2D eigenvalue weighted by molar-refractivity contribution is -0.151. The van der Waals surface area contributed by atoms with Gasteiger partial charge in [0.1, 0.15) is 0 Å². The fourth-order valence-electron chi connectivity index (χ4n) is 4.79. The molecule has 3 aliphatic heterocycles. The number of amidine groups is 1. The van der Waals surface area contributed by atoms with Crippen molar-refractivity contribution in [2.75, 3.05) is 19.7 Å². The largest absolute Gasteiger partial charge is 0.466 e. The van der Waals surface area contributed by atoms with E-state index in [1.807, 2.05) is 28.5 Å². The van der Waals surface area contributed by atoms with Gasteiger partial charge < -0.3 is 19.3 Å². The van der Waals surface area contributed by atoms with Gasteiger partial charge in [0.05, 0.1) is 42.4 Å². The van der Waals surface area contributed by atoms with Crippen molar-refractivity contribution in [3.8, 4) is 0 Å². The average molecular weight is 546 g/mol. The van der Waals surface area contributed by atoms with E-state index in [9.17, 15) is 14.4 Å². The van der Waals surface area contributed by atoms with Crippen molar-refractivity contribution < 1.29 is 23.9 Å². The quantitative estimate of drug-likeness (QED) is 0.442. The van der Waals surface area contributed by atoms with Crippen molar-refractivity contribution in [2.45, 2.75) is 59.1 Å². The number of thioether (sulfide) groups is 1. The first-order valence-electron chi connectivity index (χ1n) is 12.5. The number of amides is 1. The maximum atomic E-state index is 13.3. The van der Waals surface area contributed by atoms with Crippen molar-refractivity contribution >= 4 is 46.4 Å². The highest BCUT2D eigenvalue weighted by molar-refractivity contribution is 8.16. The fourth-order valence-corrected chi connectivity index (χ4v) is 5.99. The molecular formula is C27H32ClN3O5S. The second-order valence-corrected chi connectivity index (χ2v) is 10.7. The Morgan fingerprint density at radius 3 is 2.54 bits per heavy atom. The minimum Gasteiger partial charge on any atom is -0.466 e. The molecule has 198 valence electrons. The number of carbonyl (C=O) groups is 3. The van der Waals surface area contributed by atoms with Gasteiger partial charge in [-0.05, 0) is 57.6 Å². The number of likely N-dealkylation sites (tertiary alicyclic amines) is 1. The number of aliphatic imine (C=N–C) groups is 1. The van der Waals surface area contributed by atoms with Crippen LogP contribution in [0.1, 0.15) is 58.6 Å². The summed E-state index contributed by atoms with van der Waals surface area (Å²) in [5.74, 6) is -0.850. The van der Waals surface area contributed by atoms with Crippen molar-refractivity contribution in [2.24, 2.45) is 10.9 Å². The predicted octanol–water partition coefficient (Wildman–Crippen LogP) is 5.06. The van der Waals surface area contributed by atoms with Crippen LogP contribution in [0.15, 0.2) is 51.6 Å². The van der Waals surface area contributed by atoms with Crippen molar-refractivity contribution in [1.29, 1.82) is 0 Å². The molecule has 10 heteroatoms. The lowest BCUT2D eigenvalue weighted by Gasteiger charge is -2.37. The molecule has 1 atom stereocenters. The van der Waals surface area contributed by atoms with Gasteiger partial charge in [-0.1, -0.05) is 41.6 Å². The molecule has 0 N–H and O–H groups in total. The molecule has 3 aliphatic rings. The minimum absolute atomic E-state index is 0.0362. The first-order valence-corrected chi connectivity index (χ1v) is 13.8. The Bertz CT molecular complexity index is 1170. The van der Waals surface area contributed by atoms with E-state index in [1.54, 1.807) is 38.7 Å². The van der Waals surface area contributed by atoms with Crippen LogP contribution >= 0.6 is 23.4 Å². The van der Waals surface area contributed by atoms with Crippen molar-refractivity contribution in [3.63, 3.8) is 0 Å². The molecule has 0 radical (unpaired) electrons. The van der Waals surface area contributed by atoms with Crippen molar-refractivity contribution in [1.82, 2.24) is 9.80 Å². The summed E-state index contributed by atoms with van der Waals surface area (Å²) in [6.45, 7) is 8.56. The summed E-state index contributed by atoms with van der Waals surface area (Å²) in [5.41, 5.74) is 2.45. The molecule has 0 bridgehead atoms. The molecule has 1 amide bonds. The molecule has 0 aromatic heterocycles. The number of fused-ring (bicyclic) bond motifs is 1. The summed E-state index contributed by atoms with van der Waals surface area (Å²) in [7, 11) is 0. The van der Waals surface area contributed by atoms with E-state index in [1.165, 1.54) is 11.8 Å². The Balaban J connectivity index is 1.57. The monoisotopic (exact) mass is 545 g/mol. The van der Waals surface area contributed by atoms with E-state index in [0.717, 1.165) is 11.3 Å². The van der Waals surface area contributed by atoms with Crippen LogP contribution < -0.4 is 0 Å². The Hall–Kier alpha value is -2.78. The molecule has 3 heterocycles. The Morgan fingerprint density at radius 2 is 1.89 bits per heavy atom. The molecule has 1 fully saturated rings. The zero-order valence-electron chi connectivity index (χ0n) is 21.5. The van der Waals surface area contributed by atoms with E-state index in [-0.39, 0.29) is 30.3 Å². The van der Waals surface area contributed by atoms with Gasteiger partial charge >= 0.3 is 11.9 Å². The van der Waals surface area contributed by atoms with Gasteiger partial charge in [-0.2, -0.15) is 0 Å². The van der Waals surface area contributed by atoms with Gasteiger partial charge in [-0.25, -0.2) is 9.79 Å². The van der Waals surface area contributed by atoms with Crippen LogP contribution in [0, 0.1) is 5.92 Å². The third-order valence-electron chi connectivity index (χ3n) is 6.56. The Morgan fingerprint density at radius 1 is 1.19 bits per heavy atom. The van der Waals surface area contributed by atoms with Crippen LogP contribution in [0.4, 0.5) is 0 Å². The first kappa shape index (κ1) is 27.3. The van der Waals surface area contributed by atoms with Gasteiger partial charge in [-0.15, -0.1) is 0 Å². The molecular weight excluding hydrogens is 514 g/mol. The van der Waals surface area contributed by atoms with Crippen LogP contribution in [-0.2, 0) is 23.9 Å². The van der Waals surface area contributed by atoms with E-state index < -0.39 is 12.0 Å². The number of hydrogen-bond acceptors (Lipinski definition) is 8. The summed E-state index contributed by atoms with van der Waals surface area (Å²) < 4.78 is 10.7. The molecule has 1 aromatic rings. The van der Waals surface area contributed by atoms with Crippen LogP contribution in [-0.4, -0.2) is 58.6 Å². The van der Waals surface area contributed by atoms with Crippen LogP contribution in [0.2, 0.25) is 5.02 Å². The number of carbonyl (C=O) groups excluding carboxylic acids is 3. The van der Waals surface area contributed by atoms with Crippen LogP contribution in [0.25, 0.3) is 0 Å². The highest BCUT2D eigenvalue weighted by Crippen LogP contribution is 2.46. The molecule has 0 saturated carbocycles. The average Bonchev–Trinajstić information content (AvgIpc) is 3.25. The Kier molecular flexibility index (Phi) is 8.64. The second kappa shape index (κ2) is 11.7. The summed E-state index contributed by atoms with van der Waals surface area (Å²) in [5, 5.41) is 3.11. The van der Waals surface area contributed by atoms with Crippen LogP contribution in [0.3, 0.4) is 0 Å². The topological polar surface area (TPSA) is 88.5 Å². The number of nitrogens with zero attached hydrogens (tertiary/aromatic N) is 3.